The minimum Gasteiger partial charge on any atom is -0.303 e. The molecule has 0 aromatic rings. The molecule has 0 aromatic carbocycles. The fraction of sp³-hybridized carbons (Fsp3) is 0.500. The van der Waals surface area contributed by atoms with E-state index in [0.717, 1.165) is 6.29 Å². The van der Waals surface area contributed by atoms with Crippen molar-refractivity contribution in [2.45, 2.75) is 13.3 Å². The summed E-state index contributed by atoms with van der Waals surface area (Å²) in [6.07, 6.45) is 3.28. The van der Waals surface area contributed by atoms with Crippen LogP contribution in [-0.4, -0.2) is 6.29 Å². The van der Waals surface area contributed by atoms with E-state index in [2.05, 4.69) is 6.58 Å². The van der Waals surface area contributed by atoms with E-state index < -0.39 is 0 Å². The zero-order chi connectivity index (χ0) is 5.70. The van der Waals surface area contributed by atoms with Gasteiger partial charge >= 0.3 is 0 Å². The van der Waals surface area contributed by atoms with Gasteiger partial charge in [0.2, 0.25) is 0 Å². The van der Waals surface area contributed by atoms with Crippen LogP contribution in [0.5, 0.6) is 0 Å². The molecule has 0 saturated heterocycles. The second-order valence-corrected chi connectivity index (χ2v) is 1.62. The van der Waals surface area contributed by atoms with E-state index in [1.807, 2.05) is 6.92 Å². The van der Waals surface area contributed by atoms with E-state index in [-0.39, 0.29) is 0 Å². The number of hydrogen-bond donors (Lipinski definition) is 0. The summed E-state index contributed by atoms with van der Waals surface area (Å²) in [7, 11) is 0. The summed E-state index contributed by atoms with van der Waals surface area (Å²) in [4.78, 5) is 9.73. The Morgan fingerprint density at radius 3 is 2.57 bits per heavy atom. The molecule has 0 rings (SSSR count). The highest BCUT2D eigenvalue weighted by Gasteiger charge is 1.89. The molecule has 0 saturated carbocycles. The molecule has 0 aliphatic rings. The van der Waals surface area contributed by atoms with Gasteiger partial charge < -0.3 is 4.79 Å². The molecule has 0 spiro atoms. The molecule has 0 N–H and O–H groups in total. The van der Waals surface area contributed by atoms with Crippen LogP contribution < -0.4 is 0 Å². The summed E-state index contributed by atoms with van der Waals surface area (Å²) in [6, 6.07) is 0. The Morgan fingerprint density at radius 2 is 2.43 bits per heavy atom. The quantitative estimate of drug-likeness (QED) is 0.385. The van der Waals surface area contributed by atoms with E-state index in [1.54, 1.807) is 6.08 Å². The Kier molecular flexibility index (Phi) is 3.29. The van der Waals surface area contributed by atoms with Crippen molar-refractivity contribution in [1.29, 1.82) is 0 Å². The first-order chi connectivity index (χ1) is 3.31. The molecule has 7 heavy (non-hydrogen) atoms. The van der Waals surface area contributed by atoms with Crippen LogP contribution in [0, 0.1) is 5.92 Å². The van der Waals surface area contributed by atoms with Gasteiger partial charge in [-0.25, -0.2) is 0 Å². The molecule has 40 valence electrons. The summed E-state index contributed by atoms with van der Waals surface area (Å²) in [5.41, 5.74) is 0. The second-order valence-electron chi connectivity index (χ2n) is 1.62. The highest BCUT2D eigenvalue weighted by molar-refractivity contribution is 5.49. The van der Waals surface area contributed by atoms with Crippen molar-refractivity contribution in [1.82, 2.24) is 0 Å². The van der Waals surface area contributed by atoms with Crippen LogP contribution in [0.3, 0.4) is 0 Å². The van der Waals surface area contributed by atoms with Crippen LogP contribution in [0.25, 0.3) is 0 Å². The third kappa shape index (κ3) is 3.23. The number of rotatable bonds is 3. The molecule has 0 aromatic heterocycles. The zero-order valence-electron chi connectivity index (χ0n) is 4.55. The minimum absolute atomic E-state index is 0.345. The third-order valence-corrected chi connectivity index (χ3v) is 0.870. The van der Waals surface area contributed by atoms with Gasteiger partial charge in [-0.05, 0) is 5.92 Å². The van der Waals surface area contributed by atoms with Crippen molar-refractivity contribution in [3.63, 3.8) is 0 Å². The van der Waals surface area contributed by atoms with Crippen molar-refractivity contribution in [3.05, 3.63) is 12.7 Å². The lowest BCUT2D eigenvalue weighted by molar-refractivity contribution is -0.108. The SMILES string of the molecule is C=CC(C)CC=O. The standard InChI is InChI=1S/C6H10O/c1-3-6(2)4-5-7/h3,5-6H,1,4H2,2H3. The lowest BCUT2D eigenvalue weighted by atomic mass is 10.1. The van der Waals surface area contributed by atoms with Gasteiger partial charge in [0.15, 0.2) is 0 Å². The summed E-state index contributed by atoms with van der Waals surface area (Å²) >= 11 is 0. The molecule has 1 heteroatoms. The second kappa shape index (κ2) is 3.59. The van der Waals surface area contributed by atoms with Gasteiger partial charge in [-0.3, -0.25) is 0 Å². The molecule has 0 aliphatic carbocycles. The van der Waals surface area contributed by atoms with Gasteiger partial charge in [-0.2, -0.15) is 0 Å². The number of carbonyl (C=O) groups excluding carboxylic acids is 1. The predicted octanol–water partition coefficient (Wildman–Crippen LogP) is 1.40. The average molecular weight is 98.1 g/mol. The van der Waals surface area contributed by atoms with Crippen molar-refractivity contribution in [2.75, 3.05) is 0 Å². The molecular formula is C6H10O. The van der Waals surface area contributed by atoms with Gasteiger partial charge in [0.25, 0.3) is 0 Å². The number of allylic oxidation sites excluding steroid dienone is 1. The molecule has 0 aliphatic heterocycles. The average Bonchev–Trinajstić information content (AvgIpc) is 1.68. The van der Waals surface area contributed by atoms with Crippen molar-refractivity contribution in [3.8, 4) is 0 Å². The van der Waals surface area contributed by atoms with Crippen molar-refractivity contribution >= 4 is 6.29 Å². The van der Waals surface area contributed by atoms with Gasteiger partial charge in [0.1, 0.15) is 6.29 Å². The smallest absolute Gasteiger partial charge is 0.120 e. The third-order valence-electron chi connectivity index (χ3n) is 0.870. The molecule has 1 nitrogen and oxygen atoms in total. The summed E-state index contributed by atoms with van der Waals surface area (Å²) in [6.45, 7) is 5.48. The normalized spacial score (nSPS) is 12.7. The predicted molar refractivity (Wildman–Crippen MR) is 30.0 cm³/mol. The Morgan fingerprint density at radius 1 is 1.86 bits per heavy atom. The molecule has 0 amide bonds. The number of carbonyl (C=O) groups is 1. The van der Waals surface area contributed by atoms with Gasteiger partial charge in [-0.15, -0.1) is 6.58 Å². The topological polar surface area (TPSA) is 17.1 Å². The van der Waals surface area contributed by atoms with Gasteiger partial charge in [0, 0.05) is 6.42 Å². The van der Waals surface area contributed by atoms with E-state index in [4.69, 9.17) is 0 Å². The number of aldehydes is 1. The van der Waals surface area contributed by atoms with Gasteiger partial charge in [0.05, 0.1) is 0 Å². The minimum atomic E-state index is 0.345. The Hall–Kier alpha value is -0.590. The summed E-state index contributed by atoms with van der Waals surface area (Å²) < 4.78 is 0. The van der Waals surface area contributed by atoms with E-state index in [1.165, 1.54) is 0 Å². The monoisotopic (exact) mass is 98.1 g/mol. The Labute approximate surface area is 44.0 Å². The fourth-order valence-corrected chi connectivity index (χ4v) is 0.248. The molecule has 1 unspecified atom stereocenters. The summed E-state index contributed by atoms with van der Waals surface area (Å²) in [5, 5.41) is 0. The highest BCUT2D eigenvalue weighted by Crippen LogP contribution is 1.96. The molecule has 1 atom stereocenters. The zero-order valence-corrected chi connectivity index (χ0v) is 4.55. The van der Waals surface area contributed by atoms with Crippen molar-refractivity contribution < 1.29 is 4.79 Å². The lowest BCUT2D eigenvalue weighted by Gasteiger charge is -1.93. The van der Waals surface area contributed by atoms with Crippen LogP contribution in [0.4, 0.5) is 0 Å². The first-order valence-corrected chi connectivity index (χ1v) is 2.37. The first-order valence-electron chi connectivity index (χ1n) is 2.37. The van der Waals surface area contributed by atoms with Gasteiger partial charge in [-0.1, -0.05) is 13.0 Å². The molecule has 0 heterocycles. The maximum absolute atomic E-state index is 9.73. The van der Waals surface area contributed by atoms with E-state index in [0.29, 0.717) is 12.3 Å². The summed E-state index contributed by atoms with van der Waals surface area (Å²) in [5.74, 6) is 0.345. The lowest BCUT2D eigenvalue weighted by Crippen LogP contribution is -1.87. The fourth-order valence-electron chi connectivity index (χ4n) is 0.248. The number of hydrogen-bond acceptors (Lipinski definition) is 1. The molecule has 0 radical (unpaired) electrons. The Bertz CT molecular complexity index is 66.6. The largest absolute Gasteiger partial charge is 0.303 e. The van der Waals surface area contributed by atoms with Crippen LogP contribution in [-0.2, 0) is 4.79 Å². The highest BCUT2D eigenvalue weighted by atomic mass is 16.1. The maximum Gasteiger partial charge on any atom is 0.120 e. The van der Waals surface area contributed by atoms with Crippen LogP contribution in [0.2, 0.25) is 0 Å². The Balaban J connectivity index is 3.15. The first kappa shape index (κ1) is 6.41. The maximum atomic E-state index is 9.73. The molecule has 0 bridgehead atoms. The van der Waals surface area contributed by atoms with Crippen LogP contribution in [0.15, 0.2) is 12.7 Å². The molecular weight excluding hydrogens is 88.1 g/mol. The van der Waals surface area contributed by atoms with Crippen LogP contribution >= 0.6 is 0 Å². The molecule has 0 fully saturated rings. The van der Waals surface area contributed by atoms with E-state index in [9.17, 15) is 4.79 Å². The van der Waals surface area contributed by atoms with Crippen LogP contribution in [0.1, 0.15) is 13.3 Å². The van der Waals surface area contributed by atoms with Crippen molar-refractivity contribution in [2.24, 2.45) is 5.92 Å². The van der Waals surface area contributed by atoms with E-state index >= 15 is 0 Å².